The topological polar surface area (TPSA) is 12.5 Å². The van der Waals surface area contributed by atoms with E-state index in [0.29, 0.717) is 0 Å². The van der Waals surface area contributed by atoms with Gasteiger partial charge >= 0.3 is 0 Å². The van der Waals surface area contributed by atoms with Crippen LogP contribution in [-0.4, -0.2) is 41.6 Å². The van der Waals surface area contributed by atoms with Gasteiger partial charge in [-0.2, -0.15) is 0 Å². The third-order valence-corrected chi connectivity index (χ3v) is 4.42. The average molecular weight is 276 g/mol. The van der Waals surface area contributed by atoms with Gasteiger partial charge in [-0.1, -0.05) is 22.9 Å². The predicted molar refractivity (Wildman–Crippen MR) is 66.6 cm³/mol. The van der Waals surface area contributed by atoms with E-state index in [0.717, 1.165) is 43.1 Å². The van der Waals surface area contributed by atoms with E-state index in [1.54, 1.807) is 0 Å². The Kier molecular flexibility index (Phi) is 4.47. The van der Waals surface area contributed by atoms with Gasteiger partial charge in [0.1, 0.15) is 0 Å². The summed E-state index contributed by atoms with van der Waals surface area (Å²) in [5.41, 5.74) is 0. The highest BCUT2D eigenvalue weighted by atomic mass is 79.9. The summed E-state index contributed by atoms with van der Waals surface area (Å²) < 4.78 is 5.58. The first kappa shape index (κ1) is 11.9. The fourth-order valence-corrected chi connectivity index (χ4v) is 3.85. The van der Waals surface area contributed by atoms with E-state index in [9.17, 15) is 0 Å². The molecule has 2 heterocycles. The number of hydrogen-bond acceptors (Lipinski definition) is 2. The molecule has 2 fully saturated rings. The van der Waals surface area contributed by atoms with Crippen LogP contribution in [0.15, 0.2) is 0 Å². The molecule has 0 aromatic rings. The second-order valence-electron chi connectivity index (χ2n) is 4.80. The number of alkyl halides is 1. The quantitative estimate of drug-likeness (QED) is 0.565. The molecule has 0 N–H and O–H groups in total. The largest absolute Gasteiger partial charge is 0.380 e. The van der Waals surface area contributed by atoms with Crippen LogP contribution in [0.1, 0.15) is 39.0 Å². The summed E-state index contributed by atoms with van der Waals surface area (Å²) in [5.74, 6) is 0. The van der Waals surface area contributed by atoms with Crippen LogP contribution in [0.25, 0.3) is 0 Å². The van der Waals surface area contributed by atoms with Crippen molar-refractivity contribution in [3.63, 3.8) is 0 Å². The molecule has 0 aromatic carbocycles. The van der Waals surface area contributed by atoms with Crippen molar-refractivity contribution in [2.75, 3.05) is 19.8 Å². The first-order chi connectivity index (χ1) is 7.31. The van der Waals surface area contributed by atoms with Crippen molar-refractivity contribution in [3.8, 4) is 0 Å². The highest BCUT2D eigenvalue weighted by Crippen LogP contribution is 2.37. The Morgan fingerprint density at radius 1 is 1.20 bits per heavy atom. The standard InChI is InChI=1S/C12H22BrNO/c1-2-6-15-7-5-14-11-3-4-12(14)9-10(13)8-11/h10-12H,2-9H2,1H3. The van der Waals surface area contributed by atoms with Gasteiger partial charge in [-0.05, 0) is 32.1 Å². The van der Waals surface area contributed by atoms with E-state index in [1.807, 2.05) is 0 Å². The van der Waals surface area contributed by atoms with Crippen molar-refractivity contribution < 1.29 is 4.74 Å². The van der Waals surface area contributed by atoms with Crippen LogP contribution in [0.3, 0.4) is 0 Å². The van der Waals surface area contributed by atoms with Crippen LogP contribution in [0, 0.1) is 0 Å². The zero-order chi connectivity index (χ0) is 10.7. The molecule has 2 bridgehead atoms. The smallest absolute Gasteiger partial charge is 0.0593 e. The summed E-state index contributed by atoms with van der Waals surface area (Å²) in [6.07, 6.45) is 6.62. The van der Waals surface area contributed by atoms with Gasteiger partial charge in [0.2, 0.25) is 0 Å². The molecule has 0 spiro atoms. The minimum Gasteiger partial charge on any atom is -0.380 e. The highest BCUT2D eigenvalue weighted by Gasteiger charge is 2.39. The Hall–Kier alpha value is 0.400. The molecular formula is C12H22BrNO. The number of halogens is 1. The molecule has 2 saturated heterocycles. The lowest BCUT2D eigenvalue weighted by Crippen LogP contribution is -2.44. The molecule has 2 atom stereocenters. The molecule has 15 heavy (non-hydrogen) atoms. The van der Waals surface area contributed by atoms with E-state index in [-0.39, 0.29) is 0 Å². The van der Waals surface area contributed by atoms with Gasteiger partial charge < -0.3 is 4.74 Å². The SMILES string of the molecule is CCCOCCN1C2CCC1CC(Br)C2. The van der Waals surface area contributed by atoms with Crippen molar-refractivity contribution in [3.05, 3.63) is 0 Å². The van der Waals surface area contributed by atoms with E-state index in [2.05, 4.69) is 27.8 Å². The second-order valence-corrected chi connectivity index (χ2v) is 6.10. The maximum absolute atomic E-state index is 5.58. The molecule has 3 heteroatoms. The molecule has 0 saturated carbocycles. The summed E-state index contributed by atoms with van der Waals surface area (Å²) in [6, 6.07) is 1.66. The molecule has 88 valence electrons. The molecular weight excluding hydrogens is 254 g/mol. The van der Waals surface area contributed by atoms with E-state index in [1.165, 1.54) is 25.7 Å². The van der Waals surface area contributed by atoms with Crippen LogP contribution in [0.2, 0.25) is 0 Å². The monoisotopic (exact) mass is 275 g/mol. The maximum Gasteiger partial charge on any atom is 0.0593 e. The summed E-state index contributed by atoms with van der Waals surface area (Å²) >= 11 is 3.77. The van der Waals surface area contributed by atoms with Gasteiger partial charge in [0.05, 0.1) is 6.61 Å². The molecule has 0 radical (unpaired) electrons. The van der Waals surface area contributed by atoms with Crippen molar-refractivity contribution in [2.45, 2.75) is 55.9 Å². The van der Waals surface area contributed by atoms with Gasteiger partial charge in [-0.3, -0.25) is 4.90 Å². The first-order valence-corrected chi connectivity index (χ1v) is 7.20. The fraction of sp³-hybridized carbons (Fsp3) is 1.00. The number of rotatable bonds is 5. The highest BCUT2D eigenvalue weighted by molar-refractivity contribution is 9.09. The predicted octanol–water partition coefficient (Wildman–Crippen LogP) is 2.80. The normalized spacial score (nSPS) is 36.0. The Morgan fingerprint density at radius 2 is 1.87 bits per heavy atom. The zero-order valence-electron chi connectivity index (χ0n) is 9.62. The third kappa shape index (κ3) is 2.95. The Bertz CT molecular complexity index is 186. The molecule has 2 unspecified atom stereocenters. The van der Waals surface area contributed by atoms with Gasteiger partial charge in [0.15, 0.2) is 0 Å². The average Bonchev–Trinajstić information content (AvgIpc) is 2.46. The second kappa shape index (κ2) is 5.65. The van der Waals surface area contributed by atoms with Gasteiger partial charge in [-0.15, -0.1) is 0 Å². The molecule has 2 nitrogen and oxygen atoms in total. The number of ether oxygens (including phenoxy) is 1. The van der Waals surface area contributed by atoms with Crippen LogP contribution < -0.4 is 0 Å². The van der Waals surface area contributed by atoms with Crippen LogP contribution >= 0.6 is 15.9 Å². The molecule has 0 aliphatic carbocycles. The van der Waals surface area contributed by atoms with Crippen LogP contribution in [-0.2, 0) is 4.74 Å². The molecule has 0 aromatic heterocycles. The lowest BCUT2D eigenvalue weighted by Gasteiger charge is -2.37. The summed E-state index contributed by atoms with van der Waals surface area (Å²) in [6.45, 7) is 5.16. The van der Waals surface area contributed by atoms with Gasteiger partial charge in [0.25, 0.3) is 0 Å². The Labute approximate surface area is 101 Å². The minimum absolute atomic E-state index is 0.766. The van der Waals surface area contributed by atoms with E-state index in [4.69, 9.17) is 4.74 Å². The third-order valence-electron chi connectivity index (χ3n) is 3.67. The first-order valence-electron chi connectivity index (χ1n) is 6.28. The summed E-state index contributed by atoms with van der Waals surface area (Å²) in [7, 11) is 0. The summed E-state index contributed by atoms with van der Waals surface area (Å²) in [4.78, 5) is 3.45. The zero-order valence-corrected chi connectivity index (χ0v) is 11.2. The van der Waals surface area contributed by atoms with E-state index >= 15 is 0 Å². The van der Waals surface area contributed by atoms with Crippen molar-refractivity contribution in [2.24, 2.45) is 0 Å². The number of hydrogen-bond donors (Lipinski definition) is 0. The van der Waals surface area contributed by atoms with Crippen molar-refractivity contribution >= 4 is 15.9 Å². The number of fused-ring (bicyclic) bond motifs is 2. The molecule has 2 aliphatic heterocycles. The molecule has 2 rings (SSSR count). The molecule has 2 aliphatic rings. The van der Waals surface area contributed by atoms with E-state index < -0.39 is 0 Å². The maximum atomic E-state index is 5.58. The van der Waals surface area contributed by atoms with Gasteiger partial charge in [0, 0.05) is 30.1 Å². The number of nitrogens with zero attached hydrogens (tertiary/aromatic N) is 1. The minimum atomic E-state index is 0.766. The lowest BCUT2D eigenvalue weighted by atomic mass is 10.0. The van der Waals surface area contributed by atoms with Crippen molar-refractivity contribution in [1.82, 2.24) is 4.90 Å². The lowest BCUT2D eigenvalue weighted by molar-refractivity contribution is 0.0697. The molecule has 0 amide bonds. The number of piperidine rings is 1. The van der Waals surface area contributed by atoms with Crippen LogP contribution in [0.4, 0.5) is 0 Å². The van der Waals surface area contributed by atoms with Crippen LogP contribution in [0.5, 0.6) is 0 Å². The Morgan fingerprint density at radius 3 is 2.47 bits per heavy atom. The summed E-state index contributed by atoms with van der Waals surface area (Å²) in [5, 5.41) is 0. The Balaban J connectivity index is 1.74. The van der Waals surface area contributed by atoms with Gasteiger partial charge in [-0.25, -0.2) is 0 Å². The van der Waals surface area contributed by atoms with Crippen molar-refractivity contribution in [1.29, 1.82) is 0 Å². The fourth-order valence-electron chi connectivity index (χ4n) is 2.99.